The van der Waals surface area contributed by atoms with E-state index < -0.39 is 17.5 Å². The number of carbonyl (C=O) groups is 3. The van der Waals surface area contributed by atoms with E-state index in [1.165, 1.54) is 12.0 Å². The van der Waals surface area contributed by atoms with Crippen molar-refractivity contribution >= 4 is 29.2 Å². The van der Waals surface area contributed by atoms with Crippen LogP contribution in [0, 0.1) is 0 Å². The molecule has 1 heterocycles. The van der Waals surface area contributed by atoms with Gasteiger partial charge in [0.25, 0.3) is 5.91 Å². The Labute approximate surface area is 152 Å². The maximum Gasteiger partial charge on any atom is 0.327 e. The molecule has 2 aliphatic rings. The van der Waals surface area contributed by atoms with Gasteiger partial charge in [0.15, 0.2) is 0 Å². The molecular formula is C18H24N4O4. The Kier molecular flexibility index (Phi) is 4.76. The molecule has 0 radical (unpaired) electrons. The number of anilines is 2. The van der Waals surface area contributed by atoms with Crippen LogP contribution in [0.15, 0.2) is 18.2 Å². The van der Waals surface area contributed by atoms with Gasteiger partial charge in [-0.25, -0.2) is 4.79 Å². The second-order valence-corrected chi connectivity index (χ2v) is 6.83. The summed E-state index contributed by atoms with van der Waals surface area (Å²) >= 11 is 0. The van der Waals surface area contributed by atoms with E-state index in [0.717, 1.165) is 24.2 Å². The predicted molar refractivity (Wildman–Crippen MR) is 96.7 cm³/mol. The lowest BCUT2D eigenvalue weighted by Gasteiger charge is -2.35. The van der Waals surface area contributed by atoms with Gasteiger partial charge < -0.3 is 20.7 Å². The quantitative estimate of drug-likeness (QED) is 0.629. The number of imide groups is 1. The van der Waals surface area contributed by atoms with Gasteiger partial charge in [-0.05, 0) is 25.0 Å². The zero-order chi connectivity index (χ0) is 18.9. The third-order valence-electron chi connectivity index (χ3n) is 5.32. The normalized spacial score (nSPS) is 19.2. The smallest absolute Gasteiger partial charge is 0.327 e. The Morgan fingerprint density at radius 2 is 1.96 bits per heavy atom. The number of hydrogen-bond acceptors (Lipinski definition) is 5. The maximum absolute atomic E-state index is 12.9. The molecule has 2 fully saturated rings. The molecule has 8 heteroatoms. The largest absolute Gasteiger partial charge is 0.497 e. The summed E-state index contributed by atoms with van der Waals surface area (Å²) in [7, 11) is 3.15. The van der Waals surface area contributed by atoms with Crippen molar-refractivity contribution in [2.75, 3.05) is 31.8 Å². The molecule has 1 spiro atoms. The molecule has 3 rings (SSSR count). The second kappa shape index (κ2) is 6.86. The molecule has 1 aliphatic heterocycles. The van der Waals surface area contributed by atoms with E-state index >= 15 is 0 Å². The summed E-state index contributed by atoms with van der Waals surface area (Å²) in [5.41, 5.74) is 5.83. The van der Waals surface area contributed by atoms with Gasteiger partial charge in [0.1, 0.15) is 17.8 Å². The van der Waals surface area contributed by atoms with Crippen molar-refractivity contribution in [1.82, 2.24) is 9.80 Å². The average molecular weight is 360 g/mol. The topological polar surface area (TPSA) is 105 Å². The molecule has 1 saturated carbocycles. The fraction of sp³-hybridized carbons (Fsp3) is 0.500. The molecule has 140 valence electrons. The molecule has 4 amide bonds. The summed E-state index contributed by atoms with van der Waals surface area (Å²) in [5.74, 6) is -0.213. The van der Waals surface area contributed by atoms with Crippen LogP contribution in [-0.2, 0) is 9.59 Å². The fourth-order valence-electron chi connectivity index (χ4n) is 3.78. The highest BCUT2D eigenvalue weighted by molar-refractivity contribution is 6.10. The first-order valence-electron chi connectivity index (χ1n) is 8.72. The van der Waals surface area contributed by atoms with Crippen molar-refractivity contribution in [2.45, 2.75) is 37.6 Å². The van der Waals surface area contributed by atoms with Crippen molar-refractivity contribution in [2.24, 2.45) is 0 Å². The molecule has 1 aromatic carbocycles. The van der Waals surface area contributed by atoms with E-state index in [1.54, 1.807) is 25.2 Å². The number of nitrogens with one attached hydrogen (secondary N) is 1. The number of rotatable bonds is 4. The summed E-state index contributed by atoms with van der Waals surface area (Å²) in [6.45, 7) is -0.333. The molecule has 0 atom stereocenters. The Hall–Kier alpha value is -2.77. The first-order chi connectivity index (χ1) is 12.4. The molecule has 0 unspecified atom stereocenters. The number of carbonyl (C=O) groups excluding carboxylic acids is 3. The molecule has 1 aliphatic carbocycles. The van der Waals surface area contributed by atoms with Crippen LogP contribution < -0.4 is 15.8 Å². The number of nitrogens with zero attached hydrogens (tertiary/aromatic N) is 2. The second-order valence-electron chi connectivity index (χ2n) is 6.83. The number of amides is 4. The standard InChI is InChI=1S/C18H24N4O4/c1-21-17(25)22(16(24)18(21)8-4-3-5-9-18)11-15(23)20-14-10-12(26-2)6-7-13(14)19/h6-7,10H,3-5,8-9,11,19H2,1-2H3,(H,20,23). The number of urea groups is 1. The van der Waals surface area contributed by atoms with Gasteiger partial charge in [-0.1, -0.05) is 19.3 Å². The van der Waals surface area contributed by atoms with Crippen LogP contribution in [0.5, 0.6) is 5.75 Å². The van der Waals surface area contributed by atoms with Crippen molar-refractivity contribution in [3.05, 3.63) is 18.2 Å². The van der Waals surface area contributed by atoms with Crippen molar-refractivity contribution in [3.63, 3.8) is 0 Å². The lowest BCUT2D eigenvalue weighted by molar-refractivity contribution is -0.136. The van der Waals surface area contributed by atoms with Gasteiger partial charge >= 0.3 is 6.03 Å². The van der Waals surface area contributed by atoms with Gasteiger partial charge in [0.05, 0.1) is 18.5 Å². The van der Waals surface area contributed by atoms with E-state index in [2.05, 4.69) is 5.32 Å². The van der Waals surface area contributed by atoms with Crippen LogP contribution in [0.25, 0.3) is 0 Å². The minimum absolute atomic E-state index is 0.279. The van der Waals surface area contributed by atoms with Crippen molar-refractivity contribution in [3.8, 4) is 5.75 Å². The Morgan fingerprint density at radius 1 is 1.27 bits per heavy atom. The van der Waals surface area contributed by atoms with Crippen LogP contribution in [0.3, 0.4) is 0 Å². The minimum Gasteiger partial charge on any atom is -0.497 e. The number of benzene rings is 1. The summed E-state index contributed by atoms with van der Waals surface area (Å²) in [5, 5.41) is 2.65. The Morgan fingerprint density at radius 3 is 2.62 bits per heavy atom. The molecule has 26 heavy (non-hydrogen) atoms. The zero-order valence-electron chi connectivity index (χ0n) is 15.1. The summed E-state index contributed by atoms with van der Waals surface area (Å²) in [4.78, 5) is 40.4. The molecule has 3 N–H and O–H groups in total. The van der Waals surface area contributed by atoms with E-state index in [-0.39, 0.29) is 12.5 Å². The number of hydrogen-bond donors (Lipinski definition) is 2. The SMILES string of the molecule is COc1ccc(N)c(NC(=O)CN2C(=O)N(C)C3(CCCCC3)C2=O)c1. The highest BCUT2D eigenvalue weighted by Gasteiger charge is 2.55. The lowest BCUT2D eigenvalue weighted by Crippen LogP contribution is -2.49. The van der Waals surface area contributed by atoms with Gasteiger partial charge in [0.2, 0.25) is 5.91 Å². The molecule has 1 aromatic rings. The molecule has 1 saturated heterocycles. The molecular weight excluding hydrogens is 336 g/mol. The number of nitrogens with two attached hydrogens (primary N) is 1. The number of likely N-dealkylation sites (N-methyl/N-ethyl adjacent to an activating group) is 1. The van der Waals surface area contributed by atoms with Gasteiger partial charge in [-0.2, -0.15) is 0 Å². The van der Waals surface area contributed by atoms with Crippen LogP contribution in [-0.4, -0.2) is 53.9 Å². The van der Waals surface area contributed by atoms with E-state index in [9.17, 15) is 14.4 Å². The minimum atomic E-state index is -0.787. The van der Waals surface area contributed by atoms with Crippen molar-refractivity contribution in [1.29, 1.82) is 0 Å². The van der Waals surface area contributed by atoms with E-state index in [1.807, 2.05) is 0 Å². The Bertz CT molecular complexity index is 743. The number of methoxy groups -OCH3 is 1. The predicted octanol–water partition coefficient (Wildman–Crippen LogP) is 1.81. The van der Waals surface area contributed by atoms with Crippen LogP contribution >= 0.6 is 0 Å². The van der Waals surface area contributed by atoms with Gasteiger partial charge in [-0.3, -0.25) is 14.5 Å². The number of nitrogen functional groups attached to an aromatic ring is 1. The average Bonchev–Trinajstić information content (AvgIpc) is 2.80. The number of ether oxygens (including phenoxy) is 1. The molecule has 0 bridgehead atoms. The fourth-order valence-corrected chi connectivity index (χ4v) is 3.78. The Balaban J connectivity index is 1.73. The third-order valence-corrected chi connectivity index (χ3v) is 5.32. The molecule has 0 aromatic heterocycles. The monoisotopic (exact) mass is 360 g/mol. The van der Waals surface area contributed by atoms with Gasteiger partial charge in [-0.15, -0.1) is 0 Å². The highest BCUT2D eigenvalue weighted by atomic mass is 16.5. The summed E-state index contributed by atoms with van der Waals surface area (Å²) < 4.78 is 5.12. The van der Waals surface area contributed by atoms with E-state index in [0.29, 0.717) is 30.0 Å². The van der Waals surface area contributed by atoms with Gasteiger partial charge in [0, 0.05) is 13.1 Å². The highest BCUT2D eigenvalue weighted by Crippen LogP contribution is 2.39. The maximum atomic E-state index is 12.9. The van der Waals surface area contributed by atoms with E-state index in [4.69, 9.17) is 10.5 Å². The van der Waals surface area contributed by atoms with Crippen LogP contribution in [0.4, 0.5) is 16.2 Å². The first-order valence-corrected chi connectivity index (χ1v) is 8.72. The zero-order valence-corrected chi connectivity index (χ0v) is 15.1. The summed E-state index contributed by atoms with van der Waals surface area (Å²) in [6.07, 6.45) is 4.17. The lowest BCUT2D eigenvalue weighted by atomic mass is 9.81. The molecule has 8 nitrogen and oxygen atoms in total. The summed E-state index contributed by atoms with van der Waals surface area (Å²) in [6, 6.07) is 4.46. The van der Waals surface area contributed by atoms with Crippen molar-refractivity contribution < 1.29 is 19.1 Å². The first kappa shape index (κ1) is 18.0. The van der Waals surface area contributed by atoms with Crippen LogP contribution in [0.2, 0.25) is 0 Å². The van der Waals surface area contributed by atoms with Crippen LogP contribution in [0.1, 0.15) is 32.1 Å². The third kappa shape index (κ3) is 2.95.